The summed E-state index contributed by atoms with van der Waals surface area (Å²) in [4.78, 5) is 12.0. The third-order valence-corrected chi connectivity index (χ3v) is 2.41. The molecule has 0 radical (unpaired) electrons. The van der Waals surface area contributed by atoms with Gasteiger partial charge in [0.1, 0.15) is 5.69 Å². The van der Waals surface area contributed by atoms with Crippen LogP contribution in [-0.2, 0) is 7.05 Å². The van der Waals surface area contributed by atoms with E-state index in [0.717, 1.165) is 5.69 Å². The summed E-state index contributed by atoms with van der Waals surface area (Å²) in [6, 6.07) is 1.66. The van der Waals surface area contributed by atoms with Gasteiger partial charge >= 0.3 is 0 Å². The average molecular weight is 239 g/mol. The van der Waals surface area contributed by atoms with Gasteiger partial charge in [-0.15, -0.1) is 0 Å². The molecule has 4 N–H and O–H groups in total. The van der Waals surface area contributed by atoms with Gasteiger partial charge in [0.15, 0.2) is 5.84 Å². The maximum Gasteiger partial charge on any atom is 0.270 e. The van der Waals surface area contributed by atoms with Gasteiger partial charge in [0.25, 0.3) is 5.91 Å². The van der Waals surface area contributed by atoms with Crippen LogP contribution in [0.5, 0.6) is 0 Å². The summed E-state index contributed by atoms with van der Waals surface area (Å²) in [6.45, 7) is 5.08. The van der Waals surface area contributed by atoms with Gasteiger partial charge in [-0.25, -0.2) is 0 Å². The van der Waals surface area contributed by atoms with Crippen LogP contribution in [0.3, 0.4) is 0 Å². The van der Waals surface area contributed by atoms with Crippen LogP contribution < -0.4 is 11.1 Å². The number of hydrogen-bond donors (Lipinski definition) is 3. The highest BCUT2D eigenvalue weighted by molar-refractivity contribution is 5.98. The highest BCUT2D eigenvalue weighted by atomic mass is 16.4. The molecule has 1 amide bonds. The smallest absolute Gasteiger partial charge is 0.270 e. The van der Waals surface area contributed by atoms with Crippen molar-refractivity contribution in [1.82, 2.24) is 15.1 Å². The van der Waals surface area contributed by atoms with Crippen molar-refractivity contribution in [3.05, 3.63) is 17.5 Å². The second-order valence-corrected chi connectivity index (χ2v) is 4.36. The van der Waals surface area contributed by atoms with E-state index < -0.39 is 5.54 Å². The summed E-state index contributed by atoms with van der Waals surface area (Å²) in [5, 5.41) is 18.2. The van der Waals surface area contributed by atoms with E-state index in [9.17, 15) is 4.79 Å². The lowest BCUT2D eigenvalue weighted by Gasteiger charge is -2.24. The second-order valence-electron chi connectivity index (χ2n) is 4.36. The molecule has 0 aliphatic carbocycles. The molecular formula is C10H17N5O2. The summed E-state index contributed by atoms with van der Waals surface area (Å²) in [6.07, 6.45) is 0. The SMILES string of the molecule is Cc1cc(C(=O)NC(C)(C)C(N)=NO)n(C)n1. The van der Waals surface area contributed by atoms with Crippen LogP contribution in [0, 0.1) is 6.92 Å². The fraction of sp³-hybridized carbons (Fsp3) is 0.500. The Labute approximate surface area is 99.3 Å². The van der Waals surface area contributed by atoms with Gasteiger partial charge in [-0.3, -0.25) is 9.48 Å². The molecule has 0 saturated heterocycles. The number of nitrogens with one attached hydrogen (secondary N) is 1. The van der Waals surface area contributed by atoms with Crippen LogP contribution in [0.2, 0.25) is 0 Å². The zero-order valence-corrected chi connectivity index (χ0v) is 10.4. The lowest BCUT2D eigenvalue weighted by molar-refractivity contribution is 0.0921. The largest absolute Gasteiger partial charge is 0.409 e. The number of aryl methyl sites for hydroxylation is 2. The Morgan fingerprint density at radius 2 is 2.24 bits per heavy atom. The summed E-state index contributed by atoms with van der Waals surface area (Å²) in [5.74, 6) is -0.394. The first-order chi connectivity index (χ1) is 7.77. The number of carbonyl (C=O) groups excluding carboxylic acids is 1. The van der Waals surface area contributed by atoms with Gasteiger partial charge in [0.05, 0.1) is 11.2 Å². The summed E-state index contributed by atoms with van der Waals surface area (Å²) < 4.78 is 1.48. The molecule has 0 aromatic carbocycles. The number of aromatic nitrogens is 2. The molecule has 1 heterocycles. The topological polar surface area (TPSA) is 106 Å². The Morgan fingerprint density at radius 1 is 1.65 bits per heavy atom. The molecule has 0 atom stereocenters. The second kappa shape index (κ2) is 4.44. The normalized spacial score (nSPS) is 12.6. The van der Waals surface area contributed by atoms with Gasteiger partial charge < -0.3 is 16.3 Å². The molecule has 0 bridgehead atoms. The van der Waals surface area contributed by atoms with Crippen molar-refractivity contribution in [1.29, 1.82) is 0 Å². The van der Waals surface area contributed by atoms with Crippen LogP contribution in [0.15, 0.2) is 11.2 Å². The molecular weight excluding hydrogens is 222 g/mol. The molecule has 0 unspecified atom stereocenters. The number of amides is 1. The molecule has 0 saturated carbocycles. The van der Waals surface area contributed by atoms with Crippen LogP contribution in [0.25, 0.3) is 0 Å². The first-order valence-electron chi connectivity index (χ1n) is 5.09. The molecule has 7 heteroatoms. The summed E-state index contributed by atoms with van der Waals surface area (Å²) in [5.41, 5.74) is 5.72. The van der Waals surface area contributed by atoms with Crippen LogP contribution in [-0.4, -0.2) is 32.3 Å². The zero-order valence-electron chi connectivity index (χ0n) is 10.4. The van der Waals surface area contributed by atoms with Gasteiger partial charge in [-0.1, -0.05) is 5.16 Å². The number of hydrogen-bond acceptors (Lipinski definition) is 4. The monoisotopic (exact) mass is 239 g/mol. The zero-order chi connectivity index (χ0) is 13.2. The van der Waals surface area contributed by atoms with Crippen LogP contribution in [0.4, 0.5) is 0 Å². The van der Waals surface area contributed by atoms with Gasteiger partial charge in [-0.2, -0.15) is 5.10 Å². The van der Waals surface area contributed by atoms with E-state index in [1.165, 1.54) is 4.68 Å². The van der Waals surface area contributed by atoms with Crippen molar-refractivity contribution >= 4 is 11.7 Å². The molecule has 7 nitrogen and oxygen atoms in total. The fourth-order valence-corrected chi connectivity index (χ4v) is 1.36. The lowest BCUT2D eigenvalue weighted by atomic mass is 10.0. The third kappa shape index (κ3) is 2.74. The average Bonchev–Trinajstić information content (AvgIpc) is 2.56. The molecule has 1 aromatic rings. The molecule has 17 heavy (non-hydrogen) atoms. The van der Waals surface area contributed by atoms with E-state index in [0.29, 0.717) is 5.69 Å². The Bertz CT molecular complexity index is 461. The summed E-state index contributed by atoms with van der Waals surface area (Å²) in [7, 11) is 1.68. The number of nitrogens with two attached hydrogens (primary N) is 1. The Kier molecular flexibility index (Phi) is 3.40. The Morgan fingerprint density at radius 3 is 2.65 bits per heavy atom. The minimum atomic E-state index is -0.927. The van der Waals surface area contributed by atoms with Crippen LogP contribution in [0.1, 0.15) is 30.0 Å². The highest BCUT2D eigenvalue weighted by Crippen LogP contribution is 2.07. The van der Waals surface area contributed by atoms with Gasteiger partial charge in [0.2, 0.25) is 0 Å². The quantitative estimate of drug-likeness (QED) is 0.298. The maximum atomic E-state index is 12.0. The third-order valence-electron chi connectivity index (χ3n) is 2.41. The van der Waals surface area contributed by atoms with Crippen LogP contribution >= 0.6 is 0 Å². The maximum absolute atomic E-state index is 12.0. The van der Waals surface area contributed by atoms with Crippen molar-refractivity contribution < 1.29 is 10.0 Å². The number of amidine groups is 1. The van der Waals surface area contributed by atoms with E-state index >= 15 is 0 Å². The first-order valence-corrected chi connectivity index (χ1v) is 5.09. The molecule has 0 fully saturated rings. The minimum absolute atomic E-state index is 0.0651. The molecule has 1 aromatic heterocycles. The summed E-state index contributed by atoms with van der Waals surface area (Å²) >= 11 is 0. The fourth-order valence-electron chi connectivity index (χ4n) is 1.36. The van der Waals surface area contributed by atoms with E-state index in [1.54, 1.807) is 33.9 Å². The highest BCUT2D eigenvalue weighted by Gasteiger charge is 2.27. The van der Waals surface area contributed by atoms with Crippen molar-refractivity contribution in [2.45, 2.75) is 26.3 Å². The molecule has 94 valence electrons. The molecule has 1 rings (SSSR count). The molecule has 0 aliphatic rings. The minimum Gasteiger partial charge on any atom is -0.409 e. The number of oxime groups is 1. The molecule has 0 aliphatic heterocycles. The lowest BCUT2D eigenvalue weighted by Crippen LogP contribution is -2.53. The number of nitrogens with zero attached hydrogens (tertiary/aromatic N) is 3. The predicted octanol–water partition coefficient (Wildman–Crippen LogP) is -0.0167. The Hall–Kier alpha value is -2.05. The standard InChI is InChI=1S/C10H17N5O2/c1-6-5-7(15(4)13-6)8(16)12-10(2,3)9(11)14-17/h5,17H,1-4H3,(H2,11,14)(H,12,16). The number of rotatable bonds is 3. The van der Waals surface area contributed by atoms with E-state index in [-0.39, 0.29) is 11.7 Å². The van der Waals surface area contributed by atoms with E-state index in [2.05, 4.69) is 15.6 Å². The molecule has 0 spiro atoms. The van der Waals surface area contributed by atoms with Crippen molar-refractivity contribution in [3.8, 4) is 0 Å². The Balaban J connectivity index is 2.90. The van der Waals surface area contributed by atoms with E-state index in [1.807, 2.05) is 0 Å². The van der Waals surface area contributed by atoms with E-state index in [4.69, 9.17) is 10.9 Å². The number of carbonyl (C=O) groups is 1. The van der Waals surface area contributed by atoms with Gasteiger partial charge in [0, 0.05) is 7.05 Å². The predicted molar refractivity (Wildman–Crippen MR) is 62.9 cm³/mol. The van der Waals surface area contributed by atoms with Gasteiger partial charge in [-0.05, 0) is 26.8 Å². The van der Waals surface area contributed by atoms with Crippen molar-refractivity contribution in [2.75, 3.05) is 0 Å². The van der Waals surface area contributed by atoms with Crippen molar-refractivity contribution in [2.24, 2.45) is 17.9 Å². The first kappa shape index (κ1) is 13.0. The van der Waals surface area contributed by atoms with Crippen molar-refractivity contribution in [3.63, 3.8) is 0 Å².